The molecule has 1 aromatic carbocycles. The van der Waals surface area contributed by atoms with Crippen LogP contribution in [0.4, 0.5) is 4.39 Å². The summed E-state index contributed by atoms with van der Waals surface area (Å²) in [4.78, 5) is 24.2. The molecule has 4 aromatic heterocycles. The number of pyridine rings is 3. The Hall–Kier alpha value is -3.80. The van der Waals surface area contributed by atoms with E-state index in [9.17, 15) is 9.18 Å². The number of aromatic amines is 1. The van der Waals surface area contributed by atoms with Crippen molar-refractivity contribution in [1.82, 2.24) is 19.4 Å². The topological polar surface area (TPSA) is 63.0 Å². The molecule has 5 rings (SSSR count). The lowest BCUT2D eigenvalue weighted by molar-refractivity contribution is 0.628. The van der Waals surface area contributed by atoms with E-state index in [1.165, 1.54) is 18.2 Å². The van der Waals surface area contributed by atoms with E-state index in [1.807, 2.05) is 28.9 Å². The van der Waals surface area contributed by atoms with Crippen molar-refractivity contribution in [2.75, 3.05) is 0 Å². The highest BCUT2D eigenvalue weighted by atomic mass is 19.1. The number of imidazole rings is 1. The van der Waals surface area contributed by atoms with E-state index in [1.54, 1.807) is 30.6 Å². The Bertz CT molecular complexity index is 1370. The minimum atomic E-state index is -0.341. The van der Waals surface area contributed by atoms with Crippen LogP contribution >= 0.6 is 0 Å². The molecule has 0 radical (unpaired) electrons. The Balaban J connectivity index is 1.86. The molecule has 5 aromatic rings. The second-order valence-electron chi connectivity index (χ2n) is 6.24. The maximum Gasteiger partial charge on any atom is 0.191 e. The third kappa shape index (κ3) is 2.58. The molecule has 0 aliphatic carbocycles. The fraction of sp³-hybridized carbons (Fsp3) is 0. The van der Waals surface area contributed by atoms with Gasteiger partial charge >= 0.3 is 0 Å². The van der Waals surface area contributed by atoms with E-state index >= 15 is 0 Å². The van der Waals surface area contributed by atoms with E-state index in [4.69, 9.17) is 0 Å². The van der Waals surface area contributed by atoms with Gasteiger partial charge in [-0.25, -0.2) is 14.4 Å². The summed E-state index contributed by atoms with van der Waals surface area (Å²) < 4.78 is 15.7. The first-order chi connectivity index (χ1) is 13.2. The summed E-state index contributed by atoms with van der Waals surface area (Å²) in [5.74, 6) is -0.341. The van der Waals surface area contributed by atoms with Crippen molar-refractivity contribution >= 4 is 16.7 Å². The SMILES string of the molecule is O=c1cc[nH]c2nc(-c3cccc(F)c3)c(-c3ccc4nccn4c3)cc12. The minimum Gasteiger partial charge on any atom is -0.346 e. The van der Waals surface area contributed by atoms with Crippen molar-refractivity contribution in [3.8, 4) is 22.4 Å². The van der Waals surface area contributed by atoms with E-state index in [2.05, 4.69) is 15.0 Å². The quantitative estimate of drug-likeness (QED) is 0.519. The van der Waals surface area contributed by atoms with Crippen LogP contribution in [0, 0.1) is 5.82 Å². The van der Waals surface area contributed by atoms with Crippen molar-refractivity contribution in [1.29, 1.82) is 0 Å². The number of rotatable bonds is 2. The van der Waals surface area contributed by atoms with Gasteiger partial charge in [0.2, 0.25) is 0 Å². The molecule has 1 N–H and O–H groups in total. The number of hydrogen-bond donors (Lipinski definition) is 1. The molecular formula is C21H13FN4O. The van der Waals surface area contributed by atoms with Gasteiger partial charge in [-0.15, -0.1) is 0 Å². The Kier molecular flexibility index (Phi) is 3.36. The van der Waals surface area contributed by atoms with Crippen LogP contribution in [0.15, 0.2) is 78.1 Å². The third-order valence-corrected chi connectivity index (χ3v) is 4.54. The predicted molar refractivity (Wildman–Crippen MR) is 102 cm³/mol. The van der Waals surface area contributed by atoms with Gasteiger partial charge in [0, 0.05) is 47.5 Å². The second-order valence-corrected chi connectivity index (χ2v) is 6.24. The molecule has 0 bridgehead atoms. The van der Waals surface area contributed by atoms with Gasteiger partial charge in [-0.2, -0.15) is 0 Å². The van der Waals surface area contributed by atoms with Gasteiger partial charge in [-0.05, 0) is 30.3 Å². The van der Waals surface area contributed by atoms with Gasteiger partial charge in [-0.1, -0.05) is 12.1 Å². The summed E-state index contributed by atoms with van der Waals surface area (Å²) in [5, 5.41) is 0.485. The summed E-state index contributed by atoms with van der Waals surface area (Å²) in [6.45, 7) is 0. The summed E-state index contributed by atoms with van der Waals surface area (Å²) in [6, 6.07) is 13.4. The summed E-state index contributed by atoms with van der Waals surface area (Å²) in [6.07, 6.45) is 7.05. The first kappa shape index (κ1) is 15.5. The lowest BCUT2D eigenvalue weighted by atomic mass is 9.99. The van der Waals surface area contributed by atoms with Gasteiger partial charge in [-0.3, -0.25) is 4.79 Å². The number of benzene rings is 1. The van der Waals surface area contributed by atoms with Crippen molar-refractivity contribution in [3.05, 3.63) is 89.4 Å². The molecule has 0 amide bonds. The average molecular weight is 356 g/mol. The van der Waals surface area contributed by atoms with Crippen molar-refractivity contribution < 1.29 is 4.39 Å². The molecule has 6 heteroatoms. The van der Waals surface area contributed by atoms with Crippen LogP contribution in [0.2, 0.25) is 0 Å². The molecule has 0 saturated carbocycles. The Morgan fingerprint density at radius 2 is 1.96 bits per heavy atom. The van der Waals surface area contributed by atoms with Gasteiger partial charge < -0.3 is 9.38 Å². The number of fused-ring (bicyclic) bond motifs is 2. The number of H-pyrrole nitrogens is 1. The van der Waals surface area contributed by atoms with Crippen molar-refractivity contribution in [2.24, 2.45) is 0 Å². The Morgan fingerprint density at radius 1 is 1.04 bits per heavy atom. The normalized spacial score (nSPS) is 11.3. The number of nitrogens with one attached hydrogen (secondary N) is 1. The molecule has 0 aliphatic rings. The molecule has 4 heterocycles. The minimum absolute atomic E-state index is 0.119. The van der Waals surface area contributed by atoms with Gasteiger partial charge in [0.1, 0.15) is 17.1 Å². The van der Waals surface area contributed by atoms with E-state index in [-0.39, 0.29) is 11.2 Å². The number of hydrogen-bond acceptors (Lipinski definition) is 3. The first-order valence-electron chi connectivity index (χ1n) is 8.40. The molecule has 0 saturated heterocycles. The Morgan fingerprint density at radius 3 is 2.85 bits per heavy atom. The maximum atomic E-state index is 13.8. The molecule has 27 heavy (non-hydrogen) atoms. The van der Waals surface area contributed by atoms with Crippen LogP contribution in [0.3, 0.4) is 0 Å². The van der Waals surface area contributed by atoms with Crippen LogP contribution in [0.5, 0.6) is 0 Å². The fourth-order valence-electron chi connectivity index (χ4n) is 3.25. The van der Waals surface area contributed by atoms with Gasteiger partial charge in [0.15, 0.2) is 5.43 Å². The van der Waals surface area contributed by atoms with Crippen LogP contribution < -0.4 is 5.43 Å². The summed E-state index contributed by atoms with van der Waals surface area (Å²) in [5.41, 5.74) is 4.02. The maximum absolute atomic E-state index is 13.8. The van der Waals surface area contributed by atoms with E-state index in [0.717, 1.165) is 16.8 Å². The molecular weight excluding hydrogens is 343 g/mol. The standard InChI is InChI=1S/C21H13FN4O/c22-15-3-1-2-13(10-15)20-16(11-17-18(27)6-7-24-21(17)25-20)14-4-5-19-23-8-9-26(19)12-14/h1-12H,(H,24,25,27). The van der Waals surface area contributed by atoms with Gasteiger partial charge in [0.25, 0.3) is 0 Å². The highest BCUT2D eigenvalue weighted by molar-refractivity contribution is 5.90. The van der Waals surface area contributed by atoms with Crippen LogP contribution in [0.1, 0.15) is 0 Å². The number of nitrogens with zero attached hydrogens (tertiary/aromatic N) is 3. The highest BCUT2D eigenvalue weighted by Gasteiger charge is 2.14. The van der Waals surface area contributed by atoms with E-state index in [0.29, 0.717) is 22.3 Å². The van der Waals surface area contributed by atoms with Crippen molar-refractivity contribution in [2.45, 2.75) is 0 Å². The van der Waals surface area contributed by atoms with Crippen LogP contribution in [-0.2, 0) is 0 Å². The lowest BCUT2D eigenvalue weighted by Crippen LogP contribution is -2.03. The molecule has 0 unspecified atom stereocenters. The zero-order valence-electron chi connectivity index (χ0n) is 14.1. The fourth-order valence-corrected chi connectivity index (χ4v) is 3.25. The first-order valence-corrected chi connectivity index (χ1v) is 8.40. The number of halogens is 1. The predicted octanol–water partition coefficient (Wildman–Crippen LogP) is 4.04. The molecule has 5 nitrogen and oxygen atoms in total. The third-order valence-electron chi connectivity index (χ3n) is 4.54. The van der Waals surface area contributed by atoms with E-state index < -0.39 is 0 Å². The molecule has 0 spiro atoms. The smallest absolute Gasteiger partial charge is 0.191 e. The molecule has 130 valence electrons. The lowest BCUT2D eigenvalue weighted by Gasteiger charge is -2.12. The second kappa shape index (κ2) is 5.88. The van der Waals surface area contributed by atoms with Crippen LogP contribution in [-0.4, -0.2) is 19.4 Å². The monoisotopic (exact) mass is 356 g/mol. The summed E-state index contributed by atoms with van der Waals surface area (Å²) in [7, 11) is 0. The van der Waals surface area contributed by atoms with Crippen LogP contribution in [0.25, 0.3) is 39.1 Å². The molecule has 0 atom stereocenters. The molecule has 0 fully saturated rings. The van der Waals surface area contributed by atoms with Crippen molar-refractivity contribution in [3.63, 3.8) is 0 Å². The molecule has 0 aliphatic heterocycles. The largest absolute Gasteiger partial charge is 0.346 e. The van der Waals surface area contributed by atoms with Gasteiger partial charge in [0.05, 0.1) is 11.1 Å². The number of aromatic nitrogens is 4. The Labute approximate surface area is 152 Å². The highest BCUT2D eigenvalue weighted by Crippen LogP contribution is 2.32. The summed E-state index contributed by atoms with van der Waals surface area (Å²) >= 11 is 0. The average Bonchev–Trinajstić information content (AvgIpc) is 3.15. The zero-order chi connectivity index (χ0) is 18.4. The zero-order valence-corrected chi connectivity index (χ0v) is 14.1.